The third-order valence-electron chi connectivity index (χ3n) is 4.01. The van der Waals surface area contributed by atoms with Crippen molar-refractivity contribution in [1.29, 1.82) is 0 Å². The van der Waals surface area contributed by atoms with Crippen molar-refractivity contribution in [3.8, 4) is 0 Å². The highest BCUT2D eigenvalue weighted by atomic mass is 16.4. The molecular formula is C14H23N3O4. The van der Waals surface area contributed by atoms with Crippen molar-refractivity contribution in [3.05, 3.63) is 0 Å². The molecule has 1 aliphatic heterocycles. The number of aliphatic carboxylic acids is 1. The van der Waals surface area contributed by atoms with E-state index < -0.39 is 5.97 Å². The van der Waals surface area contributed by atoms with Gasteiger partial charge in [-0.2, -0.15) is 0 Å². The second kappa shape index (κ2) is 6.78. The van der Waals surface area contributed by atoms with E-state index in [1.54, 1.807) is 21.6 Å². The first-order chi connectivity index (χ1) is 9.99. The van der Waals surface area contributed by atoms with Crippen LogP contribution in [0, 0.1) is 0 Å². The van der Waals surface area contributed by atoms with Crippen LogP contribution in [0.15, 0.2) is 0 Å². The van der Waals surface area contributed by atoms with Crippen LogP contribution >= 0.6 is 0 Å². The number of carbonyl (C=O) groups is 3. The number of carbonyl (C=O) groups excluding carboxylic acids is 2. The number of nitrogens with zero attached hydrogens (tertiary/aromatic N) is 3. The zero-order valence-electron chi connectivity index (χ0n) is 12.5. The first kappa shape index (κ1) is 15.6. The molecule has 7 nitrogen and oxygen atoms in total. The van der Waals surface area contributed by atoms with Gasteiger partial charge in [-0.05, 0) is 19.3 Å². The molecule has 0 aromatic rings. The molecule has 2 fully saturated rings. The Morgan fingerprint density at radius 1 is 1.10 bits per heavy atom. The minimum atomic E-state index is -0.882. The Balaban J connectivity index is 1.93. The van der Waals surface area contributed by atoms with Gasteiger partial charge in [0.25, 0.3) is 0 Å². The highest BCUT2D eigenvalue weighted by Crippen LogP contribution is 2.28. The molecular weight excluding hydrogens is 274 g/mol. The lowest BCUT2D eigenvalue weighted by Gasteiger charge is -2.29. The molecule has 0 spiro atoms. The highest BCUT2D eigenvalue weighted by molar-refractivity contribution is 5.77. The highest BCUT2D eigenvalue weighted by Gasteiger charge is 2.35. The number of carboxylic acids is 1. The van der Waals surface area contributed by atoms with Crippen LogP contribution in [-0.2, 0) is 9.59 Å². The van der Waals surface area contributed by atoms with Crippen molar-refractivity contribution in [2.75, 3.05) is 32.7 Å². The van der Waals surface area contributed by atoms with E-state index in [0.717, 1.165) is 19.3 Å². The van der Waals surface area contributed by atoms with Gasteiger partial charge in [-0.15, -0.1) is 0 Å². The van der Waals surface area contributed by atoms with Gasteiger partial charge in [-0.1, -0.05) is 0 Å². The molecule has 0 unspecified atom stereocenters. The maximum Gasteiger partial charge on any atom is 0.320 e. The standard InChI is InChI=1S/C14H23N3O4/c1-11(18)15-6-2-7-16(10-9-15)14(21)17(12-3-4-12)8-5-13(19)20/h12H,2-10H2,1H3,(H,19,20). The number of hydrogen-bond donors (Lipinski definition) is 1. The van der Waals surface area contributed by atoms with Crippen LogP contribution < -0.4 is 0 Å². The monoisotopic (exact) mass is 297 g/mol. The van der Waals surface area contributed by atoms with Gasteiger partial charge in [0.1, 0.15) is 0 Å². The first-order valence-electron chi connectivity index (χ1n) is 7.52. The molecule has 1 saturated heterocycles. The topological polar surface area (TPSA) is 81.2 Å². The predicted molar refractivity (Wildman–Crippen MR) is 75.8 cm³/mol. The summed E-state index contributed by atoms with van der Waals surface area (Å²) >= 11 is 0. The summed E-state index contributed by atoms with van der Waals surface area (Å²) in [5.41, 5.74) is 0. The van der Waals surface area contributed by atoms with Gasteiger partial charge in [0.05, 0.1) is 6.42 Å². The number of hydrogen-bond acceptors (Lipinski definition) is 3. The zero-order chi connectivity index (χ0) is 15.4. The Labute approximate surface area is 124 Å². The first-order valence-corrected chi connectivity index (χ1v) is 7.52. The molecule has 1 N–H and O–H groups in total. The summed E-state index contributed by atoms with van der Waals surface area (Å²) in [5, 5.41) is 8.80. The molecule has 1 heterocycles. The molecule has 1 saturated carbocycles. The average molecular weight is 297 g/mol. The SMILES string of the molecule is CC(=O)N1CCCN(C(=O)N(CCC(=O)O)C2CC2)CC1. The lowest BCUT2D eigenvalue weighted by molar-refractivity contribution is -0.137. The molecule has 2 aliphatic rings. The van der Waals surface area contributed by atoms with Crippen LogP contribution in [0.3, 0.4) is 0 Å². The minimum Gasteiger partial charge on any atom is -0.481 e. The second-order valence-electron chi connectivity index (χ2n) is 5.70. The van der Waals surface area contributed by atoms with E-state index in [4.69, 9.17) is 5.11 Å². The van der Waals surface area contributed by atoms with Crippen molar-refractivity contribution in [2.24, 2.45) is 0 Å². The second-order valence-corrected chi connectivity index (χ2v) is 5.70. The maximum absolute atomic E-state index is 12.6. The Morgan fingerprint density at radius 3 is 2.29 bits per heavy atom. The summed E-state index contributed by atoms with van der Waals surface area (Å²) in [4.78, 5) is 39.9. The number of urea groups is 1. The fraction of sp³-hybridized carbons (Fsp3) is 0.786. The van der Waals surface area contributed by atoms with E-state index in [1.165, 1.54) is 0 Å². The molecule has 0 atom stereocenters. The van der Waals surface area contributed by atoms with Crippen molar-refractivity contribution >= 4 is 17.9 Å². The van der Waals surface area contributed by atoms with Crippen molar-refractivity contribution in [2.45, 2.75) is 38.6 Å². The lowest BCUT2D eigenvalue weighted by Crippen LogP contribution is -2.46. The van der Waals surface area contributed by atoms with Crippen LogP contribution in [0.5, 0.6) is 0 Å². The Hall–Kier alpha value is -1.79. The summed E-state index contributed by atoms with van der Waals surface area (Å²) in [5.74, 6) is -0.846. The van der Waals surface area contributed by atoms with E-state index in [0.29, 0.717) is 26.2 Å². The van der Waals surface area contributed by atoms with E-state index in [-0.39, 0.29) is 30.9 Å². The van der Waals surface area contributed by atoms with Crippen LogP contribution in [0.25, 0.3) is 0 Å². The summed E-state index contributed by atoms with van der Waals surface area (Å²) in [6.07, 6.45) is 2.66. The van der Waals surface area contributed by atoms with Gasteiger partial charge >= 0.3 is 12.0 Å². The van der Waals surface area contributed by atoms with E-state index >= 15 is 0 Å². The van der Waals surface area contributed by atoms with E-state index in [2.05, 4.69) is 0 Å². The summed E-state index contributed by atoms with van der Waals surface area (Å²) in [6, 6.07) is 0.119. The van der Waals surface area contributed by atoms with Crippen LogP contribution in [0.4, 0.5) is 4.79 Å². The molecule has 0 aromatic carbocycles. The number of carboxylic acid groups (broad SMARTS) is 1. The van der Waals surface area contributed by atoms with E-state index in [1.807, 2.05) is 0 Å². The Morgan fingerprint density at radius 2 is 1.71 bits per heavy atom. The summed E-state index contributed by atoms with van der Waals surface area (Å²) in [7, 11) is 0. The smallest absolute Gasteiger partial charge is 0.320 e. The molecule has 2 rings (SSSR count). The van der Waals surface area contributed by atoms with Crippen LogP contribution in [0.1, 0.15) is 32.6 Å². The Bertz CT molecular complexity index is 422. The molecule has 0 radical (unpaired) electrons. The fourth-order valence-corrected chi connectivity index (χ4v) is 2.64. The molecule has 0 aromatic heterocycles. The van der Waals surface area contributed by atoms with Gasteiger partial charge in [0.2, 0.25) is 5.91 Å². The predicted octanol–water partition coefficient (Wildman–Crippen LogP) is 0.600. The summed E-state index contributed by atoms with van der Waals surface area (Å²) < 4.78 is 0. The van der Waals surface area contributed by atoms with Crippen molar-refractivity contribution in [3.63, 3.8) is 0 Å². The lowest BCUT2D eigenvalue weighted by atomic mass is 10.3. The third kappa shape index (κ3) is 4.34. The van der Waals surface area contributed by atoms with Gasteiger partial charge < -0.3 is 19.8 Å². The fourth-order valence-electron chi connectivity index (χ4n) is 2.64. The Kier molecular flexibility index (Phi) is 5.03. The zero-order valence-corrected chi connectivity index (χ0v) is 12.5. The van der Waals surface area contributed by atoms with Crippen molar-refractivity contribution < 1.29 is 19.5 Å². The largest absolute Gasteiger partial charge is 0.481 e. The average Bonchev–Trinajstić information content (AvgIpc) is 3.24. The molecule has 7 heteroatoms. The van der Waals surface area contributed by atoms with Crippen LogP contribution in [-0.4, -0.2) is 76.5 Å². The van der Waals surface area contributed by atoms with Gasteiger partial charge in [-0.3, -0.25) is 9.59 Å². The quantitative estimate of drug-likeness (QED) is 0.824. The van der Waals surface area contributed by atoms with Gasteiger partial charge in [0.15, 0.2) is 0 Å². The minimum absolute atomic E-state index is 0.0182. The number of rotatable bonds is 4. The normalized spacial score (nSPS) is 19.1. The molecule has 118 valence electrons. The van der Waals surface area contributed by atoms with Gasteiger partial charge in [-0.25, -0.2) is 4.79 Å². The van der Waals surface area contributed by atoms with Gasteiger partial charge in [0, 0.05) is 45.7 Å². The number of amides is 3. The van der Waals surface area contributed by atoms with Crippen LogP contribution in [0.2, 0.25) is 0 Å². The molecule has 3 amide bonds. The molecule has 0 bridgehead atoms. The third-order valence-corrected chi connectivity index (χ3v) is 4.01. The van der Waals surface area contributed by atoms with Crippen molar-refractivity contribution in [1.82, 2.24) is 14.7 Å². The maximum atomic E-state index is 12.6. The van der Waals surface area contributed by atoms with E-state index in [9.17, 15) is 14.4 Å². The molecule has 21 heavy (non-hydrogen) atoms. The summed E-state index contributed by atoms with van der Waals surface area (Å²) in [6.45, 7) is 4.19. The molecule has 1 aliphatic carbocycles.